The Morgan fingerprint density at radius 3 is 0.708 bits per heavy atom. The molecule has 0 radical (unpaired) electrons. The highest BCUT2D eigenvalue weighted by Gasteiger charge is 2.49. The summed E-state index contributed by atoms with van der Waals surface area (Å²) in [4.78, 5) is 0. The van der Waals surface area contributed by atoms with E-state index in [1.807, 2.05) is 0 Å². The Hall–Kier alpha value is -4.88. The number of benzene rings is 6. The molecule has 4 nitrogen and oxygen atoms in total. The van der Waals surface area contributed by atoms with E-state index in [1.165, 1.54) is 31.8 Å². The molecule has 48 heavy (non-hydrogen) atoms. The lowest BCUT2D eigenvalue weighted by Gasteiger charge is -2.27. The molecule has 0 amide bonds. The summed E-state index contributed by atoms with van der Waals surface area (Å²) in [5.41, 5.74) is 0. The first-order valence-electron chi connectivity index (χ1n) is 15.7. The average Bonchev–Trinajstić information content (AvgIpc) is 3.18. The lowest BCUT2D eigenvalue weighted by molar-refractivity contribution is 0.415. The summed E-state index contributed by atoms with van der Waals surface area (Å²) in [7, 11) is 2.00. The maximum Gasteiger partial charge on any atom is 0.140 e. The monoisotopic (exact) mass is 670 g/mol. The van der Waals surface area contributed by atoms with Gasteiger partial charge >= 0.3 is 0 Å². The van der Waals surface area contributed by atoms with Gasteiger partial charge in [0.15, 0.2) is 0 Å². The zero-order valence-electron chi connectivity index (χ0n) is 27.7. The Morgan fingerprint density at radius 1 is 0.292 bits per heavy atom. The van der Waals surface area contributed by atoms with Crippen molar-refractivity contribution in [2.45, 2.75) is 0 Å². The molecule has 0 heterocycles. The molecule has 6 rings (SSSR count). The second-order valence-corrected chi connectivity index (χ2v) is 17.8. The Morgan fingerprint density at radius 2 is 0.500 bits per heavy atom. The lowest BCUT2D eigenvalue weighted by atomic mass is 10.3. The molecule has 0 fully saturated rings. The molecule has 6 heteroatoms. The minimum Gasteiger partial charge on any atom is -0.497 e. The van der Waals surface area contributed by atoms with Gasteiger partial charge in [0, 0.05) is 0 Å². The van der Waals surface area contributed by atoms with E-state index in [2.05, 4.69) is 169 Å². The number of methoxy groups -OCH3 is 4. The van der Waals surface area contributed by atoms with Crippen LogP contribution in [0.2, 0.25) is 0 Å². The second kappa shape index (κ2) is 14.9. The molecule has 0 aliphatic carbocycles. The Bertz CT molecular complexity index is 1680. The lowest BCUT2D eigenvalue weighted by Crippen LogP contribution is -2.32. The van der Waals surface area contributed by atoms with Crippen LogP contribution < -0.4 is 50.8 Å². The molecule has 6 aromatic carbocycles. The van der Waals surface area contributed by atoms with Crippen LogP contribution >= 0.6 is 14.5 Å². The number of rotatable bonds is 12. The van der Waals surface area contributed by atoms with Crippen LogP contribution in [0.5, 0.6) is 23.0 Å². The maximum atomic E-state index is 5.61. The molecule has 0 unspecified atom stereocenters. The van der Waals surface area contributed by atoms with Gasteiger partial charge in [-0.05, 0) is 121 Å². The predicted octanol–water partition coefficient (Wildman–Crippen LogP) is 7.48. The van der Waals surface area contributed by atoms with Crippen molar-refractivity contribution in [3.05, 3.63) is 169 Å². The van der Waals surface area contributed by atoms with Crippen molar-refractivity contribution in [3.63, 3.8) is 0 Å². The minimum absolute atomic E-state index is 0.825. The van der Waals surface area contributed by atoms with Gasteiger partial charge in [-0.2, -0.15) is 0 Å². The smallest absolute Gasteiger partial charge is 0.140 e. The molecular formula is C42H40O4P2+2. The molecule has 0 bridgehead atoms. The van der Waals surface area contributed by atoms with Gasteiger partial charge in [-0.15, -0.1) is 0 Å². The molecule has 0 saturated heterocycles. The highest BCUT2D eigenvalue weighted by atomic mass is 31.2. The first-order chi connectivity index (χ1) is 23.6. The zero-order valence-corrected chi connectivity index (χ0v) is 29.5. The molecular weight excluding hydrogens is 630 g/mol. The molecule has 0 atom stereocenters. The van der Waals surface area contributed by atoms with E-state index in [4.69, 9.17) is 18.9 Å². The van der Waals surface area contributed by atoms with E-state index in [9.17, 15) is 0 Å². The van der Waals surface area contributed by atoms with E-state index in [-0.39, 0.29) is 0 Å². The SMILES string of the molecule is COc1ccc([P+](/C=C/[P+](c2ccccc2)(c2ccc(OC)cc2)c2ccc(OC)cc2)(c2ccccc2)c2ccc(OC)cc2)cc1. The van der Waals surface area contributed by atoms with Crippen LogP contribution in [0, 0.1) is 0 Å². The Kier molecular flexibility index (Phi) is 10.3. The number of hydrogen-bond donors (Lipinski definition) is 0. The van der Waals surface area contributed by atoms with Crippen molar-refractivity contribution in [1.82, 2.24) is 0 Å². The summed E-state index contributed by atoms with van der Waals surface area (Å²) in [6, 6.07) is 56.0. The summed E-state index contributed by atoms with van der Waals surface area (Å²) < 4.78 is 22.4. The van der Waals surface area contributed by atoms with Gasteiger partial charge in [0.25, 0.3) is 0 Å². The minimum atomic E-state index is -2.42. The fraction of sp³-hybridized carbons (Fsp3) is 0.0952. The van der Waals surface area contributed by atoms with Crippen molar-refractivity contribution in [2.75, 3.05) is 28.4 Å². The third-order valence-corrected chi connectivity index (χ3v) is 16.9. The standard InChI is InChI=1S/C42H40O4P2/c1-43-33-15-23-39(24-16-33)47(37-11-7-5-8-12-37,40-25-17-34(44-2)18-26-40)31-32-48(38-13-9-6-10-14-38,41-27-19-35(45-3)20-28-41)42-29-21-36(46-4)22-30-42/h5-32H,1-4H3/q+2/b32-31+. The molecule has 0 saturated carbocycles. The highest BCUT2D eigenvalue weighted by Crippen LogP contribution is 2.64. The summed E-state index contributed by atoms with van der Waals surface area (Å²) in [5, 5.41) is 7.43. The van der Waals surface area contributed by atoms with Crippen LogP contribution in [0.25, 0.3) is 0 Å². The van der Waals surface area contributed by atoms with E-state index < -0.39 is 14.5 Å². The largest absolute Gasteiger partial charge is 0.497 e. The first kappa shape index (κ1) is 33.0. The summed E-state index contributed by atoms with van der Waals surface area (Å²) in [6.07, 6.45) is 0. The number of hydrogen-bond acceptors (Lipinski definition) is 4. The van der Waals surface area contributed by atoms with Crippen molar-refractivity contribution >= 4 is 46.4 Å². The Labute approximate surface area is 285 Å². The van der Waals surface area contributed by atoms with E-state index in [1.54, 1.807) is 28.4 Å². The molecule has 240 valence electrons. The van der Waals surface area contributed by atoms with Crippen LogP contribution in [0.1, 0.15) is 0 Å². The zero-order chi connectivity index (χ0) is 33.4. The van der Waals surface area contributed by atoms with Gasteiger partial charge in [0.1, 0.15) is 81.0 Å². The molecule has 0 aliphatic heterocycles. The summed E-state index contributed by atoms with van der Waals surface area (Å²) >= 11 is 0. The third kappa shape index (κ3) is 6.35. The molecule has 0 aromatic heterocycles. The van der Waals surface area contributed by atoms with Gasteiger partial charge in [-0.1, -0.05) is 36.4 Å². The van der Waals surface area contributed by atoms with E-state index >= 15 is 0 Å². The third-order valence-electron chi connectivity index (χ3n) is 8.76. The van der Waals surface area contributed by atoms with Crippen molar-refractivity contribution in [3.8, 4) is 23.0 Å². The quantitative estimate of drug-likeness (QED) is 0.127. The number of ether oxygens (including phenoxy) is 4. The highest BCUT2D eigenvalue weighted by molar-refractivity contribution is 8.01. The van der Waals surface area contributed by atoms with Gasteiger partial charge in [0.2, 0.25) is 0 Å². The second-order valence-electron chi connectivity index (χ2n) is 11.2. The fourth-order valence-electron chi connectivity index (χ4n) is 6.21. The van der Waals surface area contributed by atoms with Crippen molar-refractivity contribution in [2.24, 2.45) is 0 Å². The van der Waals surface area contributed by atoms with Gasteiger partial charge < -0.3 is 18.9 Å². The van der Waals surface area contributed by atoms with E-state index in [0.717, 1.165) is 23.0 Å². The molecule has 0 aliphatic rings. The maximum absolute atomic E-state index is 5.61. The van der Waals surface area contributed by atoms with Crippen LogP contribution in [0.4, 0.5) is 0 Å². The van der Waals surface area contributed by atoms with Gasteiger partial charge in [-0.25, -0.2) is 0 Å². The summed E-state index contributed by atoms with van der Waals surface area (Å²) in [5.74, 6) is 8.36. The Balaban J connectivity index is 1.72. The average molecular weight is 671 g/mol. The first-order valence-corrected chi connectivity index (χ1v) is 19.5. The normalized spacial score (nSPS) is 11.7. The molecule has 6 aromatic rings. The molecule has 0 N–H and O–H groups in total. The molecule has 0 spiro atoms. The topological polar surface area (TPSA) is 36.9 Å². The van der Waals surface area contributed by atoms with Crippen LogP contribution in [-0.4, -0.2) is 28.4 Å². The summed E-state index contributed by atoms with van der Waals surface area (Å²) in [6.45, 7) is 0. The van der Waals surface area contributed by atoms with Gasteiger partial charge in [0.05, 0.1) is 28.4 Å². The predicted molar refractivity (Wildman–Crippen MR) is 206 cm³/mol. The van der Waals surface area contributed by atoms with Crippen molar-refractivity contribution < 1.29 is 18.9 Å². The van der Waals surface area contributed by atoms with Crippen molar-refractivity contribution in [1.29, 1.82) is 0 Å². The van der Waals surface area contributed by atoms with E-state index in [0.29, 0.717) is 0 Å². The van der Waals surface area contributed by atoms with Crippen LogP contribution in [-0.2, 0) is 0 Å². The van der Waals surface area contributed by atoms with Gasteiger partial charge in [-0.3, -0.25) is 0 Å². The van der Waals surface area contributed by atoms with Crippen LogP contribution in [0.15, 0.2) is 169 Å². The van der Waals surface area contributed by atoms with Crippen LogP contribution in [0.3, 0.4) is 0 Å². The fourth-order valence-corrected chi connectivity index (χ4v) is 14.4.